The Labute approximate surface area is 89.3 Å². The van der Waals surface area contributed by atoms with Crippen LogP contribution in [-0.2, 0) is 0 Å². The maximum absolute atomic E-state index is 2.19. The molecule has 0 saturated carbocycles. The molecular weight excluding hydrogens is 176 g/mol. The van der Waals surface area contributed by atoms with E-state index in [0.717, 1.165) is 49.0 Å². The van der Waals surface area contributed by atoms with Crippen LogP contribution in [0.5, 0.6) is 0 Å². The minimum absolute atomic E-state index is 0. The van der Waals surface area contributed by atoms with Crippen molar-refractivity contribution in [2.45, 2.75) is 0 Å². The monoisotopic (exact) mass is 182 g/mol. The fourth-order valence-electron chi connectivity index (χ4n) is 0.361. The summed E-state index contributed by atoms with van der Waals surface area (Å²) in [5.74, 6) is 0. The molecule has 5 heteroatoms. The molecule has 0 spiro atoms. The third-order valence-corrected chi connectivity index (χ3v) is 3.09. The molecule has 0 aliphatic carbocycles. The third kappa shape index (κ3) is 7.02. The van der Waals surface area contributed by atoms with Gasteiger partial charge in [0.1, 0.15) is 0 Å². The van der Waals surface area contributed by atoms with Gasteiger partial charge < -0.3 is 0 Å². The summed E-state index contributed by atoms with van der Waals surface area (Å²) in [6, 6.07) is 4.29. The molecule has 0 N–H and O–H groups in total. The van der Waals surface area contributed by atoms with E-state index in [1.165, 1.54) is 0 Å². The van der Waals surface area contributed by atoms with Crippen LogP contribution in [0, 0.1) is 0 Å². The average molecular weight is 182 g/mol. The summed E-state index contributed by atoms with van der Waals surface area (Å²) in [6.07, 6.45) is 0. The van der Waals surface area contributed by atoms with Crippen LogP contribution in [0.4, 0.5) is 14.1 Å². The number of hydrogen-bond acceptors (Lipinski definition) is 1. The fraction of sp³-hybridized carbons (Fsp3) is 0. The van der Waals surface area contributed by atoms with Crippen LogP contribution >= 0.6 is 11.3 Å². The molecule has 9 heavy (non-hydrogen) atoms. The molecule has 0 saturated heterocycles. The zero-order chi connectivity index (χ0) is 4.41. The normalized spacial score (nSPS) is 6.00. The Morgan fingerprint density at radius 2 is 1.78 bits per heavy atom. The Morgan fingerprint density at radius 3 is 1.89 bits per heavy atom. The van der Waals surface area contributed by atoms with E-state index in [4.69, 9.17) is 0 Å². The Hall–Kier alpha value is 1.13. The van der Waals surface area contributed by atoms with Crippen LogP contribution in [0.2, 0.25) is 0 Å². The molecule has 50 valence electrons. The first-order valence-corrected chi connectivity index (χ1v) is 4.34. The van der Waals surface area contributed by atoms with E-state index in [2.05, 4.69) is 17.5 Å². The second-order valence-electron chi connectivity index (χ2n) is 1.22. The topological polar surface area (TPSA) is 0 Å². The number of rotatable bonds is 0. The minimum atomic E-state index is 0. The van der Waals surface area contributed by atoms with Crippen molar-refractivity contribution < 1.29 is 14.1 Å². The number of thiophene rings is 1. The van der Waals surface area contributed by atoms with Crippen molar-refractivity contribution >= 4 is 59.3 Å². The first kappa shape index (κ1) is 16.6. The van der Waals surface area contributed by atoms with E-state index >= 15 is 0 Å². The molecule has 1 rings (SSSR count). The van der Waals surface area contributed by atoms with Gasteiger partial charge in [0.05, 0.1) is 0 Å². The molecule has 0 unspecified atom stereocenters. The predicted octanol–water partition coefficient (Wildman–Crippen LogP) is 0.999. The van der Waals surface area contributed by atoms with Gasteiger partial charge >= 0.3 is 76.8 Å². The summed E-state index contributed by atoms with van der Waals surface area (Å²) in [5.41, 5.74) is 0. The summed E-state index contributed by atoms with van der Waals surface area (Å²) in [6.45, 7) is 0. The Kier molecular flexibility index (Phi) is 16.8. The SMILES string of the molecule is F.F.F.[K][c]1cccs1. The van der Waals surface area contributed by atoms with Crippen molar-refractivity contribution in [2.75, 3.05) is 0 Å². The van der Waals surface area contributed by atoms with E-state index in [0.29, 0.717) is 0 Å². The quantitative estimate of drug-likeness (QED) is 0.525. The summed E-state index contributed by atoms with van der Waals surface area (Å²) in [7, 11) is 0. The Morgan fingerprint density at radius 1 is 1.22 bits per heavy atom. The second-order valence-corrected chi connectivity index (χ2v) is 5.19. The Balaban J connectivity index is -0.000000120. The van der Waals surface area contributed by atoms with Crippen LogP contribution in [0.25, 0.3) is 0 Å². The Bertz CT molecular complexity index is 119. The standard InChI is InChI=1S/C4H3S.3FH.K/c1-2-4-5-3-1;;;;/h1-3H;3*1H;. The molecule has 0 bridgehead atoms. The zero-order valence-electron chi connectivity index (χ0n) is 4.87. The van der Waals surface area contributed by atoms with Crippen molar-refractivity contribution in [1.29, 1.82) is 0 Å². The average Bonchev–Trinajstić information content (AvgIpc) is 1.86. The molecule has 0 aromatic carbocycles. The molecule has 1 aromatic heterocycles. The molecule has 0 fully saturated rings. The van der Waals surface area contributed by atoms with Gasteiger partial charge in [-0.1, -0.05) is 0 Å². The van der Waals surface area contributed by atoms with Gasteiger partial charge in [-0.05, 0) is 0 Å². The maximum atomic E-state index is 2.19. The molecule has 1 heterocycles. The first-order chi connectivity index (χ1) is 2.89. The first-order valence-electron chi connectivity index (χ1n) is 1.90. The number of hydrogen-bond donors (Lipinski definition) is 0. The van der Waals surface area contributed by atoms with Crippen molar-refractivity contribution in [3.63, 3.8) is 0 Å². The molecule has 0 aliphatic heterocycles. The molecule has 0 nitrogen and oxygen atoms in total. The third-order valence-electron chi connectivity index (χ3n) is 0.663. The molecule has 0 aliphatic rings. The van der Waals surface area contributed by atoms with Crippen LogP contribution in [0.15, 0.2) is 17.5 Å². The zero-order valence-corrected chi connectivity index (χ0v) is 8.80. The predicted molar refractivity (Wildman–Crippen MR) is 37.2 cm³/mol. The van der Waals surface area contributed by atoms with Gasteiger partial charge in [-0.2, -0.15) is 0 Å². The fourth-order valence-corrected chi connectivity index (χ4v) is 1.83. The van der Waals surface area contributed by atoms with Gasteiger partial charge in [-0.3, -0.25) is 14.1 Å². The van der Waals surface area contributed by atoms with Gasteiger partial charge in [0.15, 0.2) is 0 Å². The van der Waals surface area contributed by atoms with Crippen molar-refractivity contribution in [3.05, 3.63) is 17.5 Å². The van der Waals surface area contributed by atoms with Gasteiger partial charge in [0.25, 0.3) is 0 Å². The molecule has 1 aromatic rings. The second kappa shape index (κ2) is 9.13. The van der Waals surface area contributed by atoms with E-state index in [9.17, 15) is 0 Å². The number of halogens is 3. The van der Waals surface area contributed by atoms with E-state index in [1.54, 1.807) is -1.03 Å². The molecular formula is C4H6F3KS. The van der Waals surface area contributed by atoms with Crippen molar-refractivity contribution in [1.82, 2.24) is 0 Å². The van der Waals surface area contributed by atoms with Gasteiger partial charge in [-0.25, -0.2) is 0 Å². The van der Waals surface area contributed by atoms with Crippen LogP contribution < -0.4 is -1.03 Å². The molecule has 0 amide bonds. The summed E-state index contributed by atoms with van der Waals surface area (Å²) >= 11 is 2.77. The van der Waals surface area contributed by atoms with Crippen LogP contribution in [-0.4, -0.2) is 49.0 Å². The van der Waals surface area contributed by atoms with E-state index in [1.807, 2.05) is 11.3 Å². The van der Waals surface area contributed by atoms with Crippen molar-refractivity contribution in [3.8, 4) is 0 Å². The molecule has 0 radical (unpaired) electrons. The van der Waals surface area contributed by atoms with Crippen LogP contribution in [0.1, 0.15) is 0 Å². The van der Waals surface area contributed by atoms with E-state index in [-0.39, 0.29) is 14.1 Å². The van der Waals surface area contributed by atoms with Crippen LogP contribution in [0.3, 0.4) is 0 Å². The van der Waals surface area contributed by atoms with Crippen molar-refractivity contribution in [2.24, 2.45) is 0 Å². The summed E-state index contributed by atoms with van der Waals surface area (Å²) < 4.78 is 1.57. The van der Waals surface area contributed by atoms with Gasteiger partial charge in [0, 0.05) is 0 Å². The summed E-state index contributed by atoms with van der Waals surface area (Å²) in [5, 5.41) is 2.13. The van der Waals surface area contributed by atoms with Gasteiger partial charge in [0.2, 0.25) is 0 Å². The summed E-state index contributed by atoms with van der Waals surface area (Å²) in [4.78, 5) is 0. The molecule has 0 atom stereocenters. The van der Waals surface area contributed by atoms with E-state index < -0.39 is 0 Å². The van der Waals surface area contributed by atoms with Gasteiger partial charge in [-0.15, -0.1) is 0 Å².